The van der Waals surface area contributed by atoms with Crippen LogP contribution in [0.15, 0.2) is 0 Å². The minimum absolute atomic E-state index is 0.505. The molecule has 0 aromatic rings. The van der Waals surface area contributed by atoms with E-state index >= 15 is 0 Å². The third-order valence-electron chi connectivity index (χ3n) is 2.50. The molecule has 68 valence electrons. The highest BCUT2D eigenvalue weighted by molar-refractivity contribution is 4.60. The molecular formula is C9H20O2. The van der Waals surface area contributed by atoms with E-state index < -0.39 is 6.29 Å². The van der Waals surface area contributed by atoms with Gasteiger partial charge in [-0.05, 0) is 24.7 Å². The first-order chi connectivity index (χ1) is 5.07. The van der Waals surface area contributed by atoms with E-state index in [1.807, 2.05) is 0 Å². The van der Waals surface area contributed by atoms with E-state index in [2.05, 4.69) is 20.8 Å². The molecule has 0 fully saturated rings. The molecule has 2 nitrogen and oxygen atoms in total. The smallest absolute Gasteiger partial charge is 0.151 e. The van der Waals surface area contributed by atoms with Crippen molar-refractivity contribution in [2.45, 2.75) is 46.3 Å². The fourth-order valence-electron chi connectivity index (χ4n) is 1.10. The number of hydrogen-bond donors (Lipinski definition) is 2. The highest BCUT2D eigenvalue weighted by Crippen LogP contribution is 2.19. The van der Waals surface area contributed by atoms with E-state index in [9.17, 15) is 0 Å². The quantitative estimate of drug-likeness (QED) is 0.602. The van der Waals surface area contributed by atoms with Crippen molar-refractivity contribution < 1.29 is 10.2 Å². The molecule has 0 amide bonds. The highest BCUT2D eigenvalue weighted by atomic mass is 16.5. The van der Waals surface area contributed by atoms with Gasteiger partial charge in [-0.1, -0.05) is 27.2 Å². The summed E-state index contributed by atoms with van der Waals surface area (Å²) >= 11 is 0. The van der Waals surface area contributed by atoms with E-state index in [4.69, 9.17) is 10.2 Å². The second-order valence-corrected chi connectivity index (χ2v) is 3.42. The van der Waals surface area contributed by atoms with Crippen molar-refractivity contribution >= 4 is 0 Å². The molecule has 0 aliphatic heterocycles. The molecule has 0 rings (SSSR count). The zero-order valence-corrected chi connectivity index (χ0v) is 7.75. The first-order valence-corrected chi connectivity index (χ1v) is 4.44. The van der Waals surface area contributed by atoms with Gasteiger partial charge < -0.3 is 10.2 Å². The van der Waals surface area contributed by atoms with Crippen LogP contribution in [0.4, 0.5) is 0 Å². The van der Waals surface area contributed by atoms with Crippen LogP contribution >= 0.6 is 0 Å². The van der Waals surface area contributed by atoms with Gasteiger partial charge in [0.1, 0.15) is 0 Å². The van der Waals surface area contributed by atoms with Gasteiger partial charge in [-0.25, -0.2) is 0 Å². The highest BCUT2D eigenvalue weighted by Gasteiger charge is 2.10. The summed E-state index contributed by atoms with van der Waals surface area (Å²) in [5.41, 5.74) is 0. The van der Waals surface area contributed by atoms with E-state index in [0.717, 1.165) is 6.42 Å². The lowest BCUT2D eigenvalue weighted by atomic mass is 9.90. The van der Waals surface area contributed by atoms with Crippen LogP contribution in [0.3, 0.4) is 0 Å². The van der Waals surface area contributed by atoms with Crippen molar-refractivity contribution in [3.05, 3.63) is 0 Å². The maximum atomic E-state index is 8.61. The van der Waals surface area contributed by atoms with E-state index in [1.165, 1.54) is 6.42 Å². The second-order valence-electron chi connectivity index (χ2n) is 3.42. The monoisotopic (exact) mass is 160 g/mol. The average molecular weight is 160 g/mol. The summed E-state index contributed by atoms with van der Waals surface area (Å²) in [6.07, 6.45) is 1.46. The van der Waals surface area contributed by atoms with Crippen LogP contribution in [0.2, 0.25) is 0 Å². The third-order valence-corrected chi connectivity index (χ3v) is 2.50. The minimum Gasteiger partial charge on any atom is -0.368 e. The standard InChI is InChI=1S/C9H20O2/c1-4-7(2)8(3)5-6-9(10)11/h7-11H,4-6H2,1-3H3. The van der Waals surface area contributed by atoms with Gasteiger partial charge in [-0.2, -0.15) is 0 Å². The van der Waals surface area contributed by atoms with Crippen molar-refractivity contribution in [1.29, 1.82) is 0 Å². The topological polar surface area (TPSA) is 40.5 Å². The van der Waals surface area contributed by atoms with Crippen LogP contribution in [0.25, 0.3) is 0 Å². The van der Waals surface area contributed by atoms with E-state index in [0.29, 0.717) is 18.3 Å². The molecule has 0 aliphatic carbocycles. The summed E-state index contributed by atoms with van der Waals surface area (Å²) < 4.78 is 0. The van der Waals surface area contributed by atoms with Crippen molar-refractivity contribution in [2.75, 3.05) is 0 Å². The minimum atomic E-state index is -1.12. The molecule has 0 aromatic carbocycles. The Morgan fingerprint density at radius 1 is 1.00 bits per heavy atom. The van der Waals surface area contributed by atoms with Crippen LogP contribution < -0.4 is 0 Å². The van der Waals surface area contributed by atoms with Gasteiger partial charge in [0.25, 0.3) is 0 Å². The number of aliphatic hydroxyl groups is 2. The first kappa shape index (κ1) is 10.9. The first-order valence-electron chi connectivity index (χ1n) is 4.44. The zero-order chi connectivity index (χ0) is 8.85. The molecule has 11 heavy (non-hydrogen) atoms. The Balaban J connectivity index is 3.43. The van der Waals surface area contributed by atoms with E-state index in [1.54, 1.807) is 0 Å². The Labute approximate surface area is 69.2 Å². The number of aliphatic hydroxyl groups excluding tert-OH is 1. The lowest BCUT2D eigenvalue weighted by Gasteiger charge is -2.18. The van der Waals surface area contributed by atoms with Gasteiger partial charge in [-0.3, -0.25) is 0 Å². The lowest BCUT2D eigenvalue weighted by molar-refractivity contribution is -0.0496. The molecule has 0 saturated heterocycles. The number of rotatable bonds is 5. The maximum Gasteiger partial charge on any atom is 0.151 e. The fourth-order valence-corrected chi connectivity index (χ4v) is 1.10. The zero-order valence-electron chi connectivity index (χ0n) is 7.75. The maximum absolute atomic E-state index is 8.61. The molecule has 2 unspecified atom stereocenters. The predicted molar refractivity (Wildman–Crippen MR) is 46.1 cm³/mol. The Morgan fingerprint density at radius 3 is 1.91 bits per heavy atom. The normalized spacial score (nSPS) is 16.9. The van der Waals surface area contributed by atoms with Crippen LogP contribution in [0.1, 0.15) is 40.0 Å². The summed E-state index contributed by atoms with van der Waals surface area (Å²) in [5.74, 6) is 1.29. The van der Waals surface area contributed by atoms with Crippen molar-refractivity contribution in [2.24, 2.45) is 11.8 Å². The molecule has 2 N–H and O–H groups in total. The van der Waals surface area contributed by atoms with Crippen molar-refractivity contribution in [3.8, 4) is 0 Å². The molecule has 0 bridgehead atoms. The molecule has 0 spiro atoms. The molecule has 2 atom stereocenters. The van der Waals surface area contributed by atoms with Crippen LogP contribution in [-0.4, -0.2) is 16.5 Å². The van der Waals surface area contributed by atoms with E-state index in [-0.39, 0.29) is 0 Å². The molecule has 0 radical (unpaired) electrons. The van der Waals surface area contributed by atoms with Gasteiger partial charge in [0.15, 0.2) is 6.29 Å². The molecule has 0 heterocycles. The Bertz CT molecular complexity index is 91.6. The van der Waals surface area contributed by atoms with Crippen LogP contribution in [0.5, 0.6) is 0 Å². The summed E-state index contributed by atoms with van der Waals surface area (Å²) in [6, 6.07) is 0. The lowest BCUT2D eigenvalue weighted by Crippen LogP contribution is -2.11. The van der Waals surface area contributed by atoms with Gasteiger partial charge in [0.2, 0.25) is 0 Å². The summed E-state index contributed by atoms with van der Waals surface area (Å²) in [4.78, 5) is 0. The molecule has 2 heteroatoms. The summed E-state index contributed by atoms with van der Waals surface area (Å²) in [5, 5.41) is 17.2. The number of hydrogen-bond acceptors (Lipinski definition) is 2. The largest absolute Gasteiger partial charge is 0.368 e. The van der Waals surface area contributed by atoms with Gasteiger partial charge in [0, 0.05) is 0 Å². The Morgan fingerprint density at radius 2 is 1.55 bits per heavy atom. The average Bonchev–Trinajstić information content (AvgIpc) is 1.98. The Kier molecular flexibility index (Phi) is 5.51. The molecular weight excluding hydrogens is 140 g/mol. The summed E-state index contributed by atoms with van der Waals surface area (Å²) in [7, 11) is 0. The summed E-state index contributed by atoms with van der Waals surface area (Å²) in [6.45, 7) is 6.53. The SMILES string of the molecule is CCC(C)C(C)CCC(O)O. The fraction of sp³-hybridized carbons (Fsp3) is 1.00. The van der Waals surface area contributed by atoms with Crippen molar-refractivity contribution in [1.82, 2.24) is 0 Å². The van der Waals surface area contributed by atoms with Gasteiger partial charge in [-0.15, -0.1) is 0 Å². The second kappa shape index (κ2) is 5.56. The predicted octanol–water partition coefficient (Wildman–Crippen LogP) is 1.76. The van der Waals surface area contributed by atoms with Gasteiger partial charge in [0.05, 0.1) is 0 Å². The van der Waals surface area contributed by atoms with Crippen molar-refractivity contribution in [3.63, 3.8) is 0 Å². The molecule has 0 saturated carbocycles. The van der Waals surface area contributed by atoms with Crippen LogP contribution in [0, 0.1) is 11.8 Å². The van der Waals surface area contributed by atoms with Gasteiger partial charge >= 0.3 is 0 Å². The Hall–Kier alpha value is -0.0800. The molecule has 0 aliphatic rings. The molecule has 0 aromatic heterocycles. The third kappa shape index (κ3) is 5.22. The van der Waals surface area contributed by atoms with Crippen LogP contribution in [-0.2, 0) is 0 Å².